The molecule has 0 radical (unpaired) electrons. The molecule has 3 fully saturated rings. The largest absolute Gasteiger partial charge is 0.396 e. The third kappa shape index (κ3) is 3.57. The van der Waals surface area contributed by atoms with Crippen molar-refractivity contribution in [2.75, 3.05) is 26.8 Å². The van der Waals surface area contributed by atoms with E-state index in [1.165, 1.54) is 12.1 Å². The lowest BCUT2D eigenvalue weighted by Crippen LogP contribution is -2.55. The van der Waals surface area contributed by atoms with Crippen LogP contribution in [-0.4, -0.2) is 37.7 Å². The van der Waals surface area contributed by atoms with E-state index in [0.717, 1.165) is 51.5 Å². The summed E-state index contributed by atoms with van der Waals surface area (Å²) in [5.41, 5.74) is 4.52. The fourth-order valence-corrected chi connectivity index (χ4v) is 7.61. The molecule has 7 atom stereocenters. The Morgan fingerprint density at radius 2 is 2.03 bits per heavy atom. The van der Waals surface area contributed by atoms with Gasteiger partial charge in [-0.15, -0.1) is 0 Å². The molecule has 4 aliphatic rings. The van der Waals surface area contributed by atoms with E-state index in [2.05, 4.69) is 30.7 Å². The van der Waals surface area contributed by atoms with Crippen LogP contribution in [-0.2, 0) is 9.63 Å². The lowest BCUT2D eigenvalue weighted by Gasteiger charge is -2.60. The number of hydrogen-bond donors (Lipinski definition) is 3. The number of Topliss-reactive ketones (excluding diaryl/α,β-unsaturated/α-hetero) is 1. The first-order chi connectivity index (χ1) is 13.9. The Bertz CT molecular complexity index is 650. The summed E-state index contributed by atoms with van der Waals surface area (Å²) in [6, 6.07) is 0. The number of carbonyl (C=O) groups excluding carboxylic acids is 1. The lowest BCUT2D eigenvalue weighted by molar-refractivity contribution is -0.141. The maximum absolute atomic E-state index is 12.6. The Hall–Kier alpha value is -0.910. The Morgan fingerprint density at radius 3 is 2.79 bits per heavy atom. The van der Waals surface area contributed by atoms with E-state index in [-0.39, 0.29) is 17.4 Å². The summed E-state index contributed by atoms with van der Waals surface area (Å²) in [5.74, 6) is 2.99. The molecule has 5 heteroatoms. The quantitative estimate of drug-likeness (QED) is 0.448. The minimum Gasteiger partial charge on any atom is -0.396 e. The van der Waals surface area contributed by atoms with Gasteiger partial charge in [0.2, 0.25) is 0 Å². The van der Waals surface area contributed by atoms with Gasteiger partial charge >= 0.3 is 0 Å². The smallest absolute Gasteiger partial charge is 0.139 e. The van der Waals surface area contributed by atoms with E-state index in [9.17, 15) is 9.90 Å². The molecule has 3 N–H and O–H groups in total. The Kier molecular flexibility index (Phi) is 6.12. The van der Waals surface area contributed by atoms with Crippen LogP contribution in [0.25, 0.3) is 0 Å². The van der Waals surface area contributed by atoms with E-state index in [0.29, 0.717) is 42.0 Å². The molecule has 0 aromatic rings. The van der Waals surface area contributed by atoms with Gasteiger partial charge in [-0.2, -0.15) is 0 Å². The second-order valence-electron chi connectivity index (χ2n) is 10.6. The number of aliphatic hydroxyl groups is 1. The number of hydrogen-bond acceptors (Lipinski definition) is 5. The highest BCUT2D eigenvalue weighted by molar-refractivity contribution is 5.87. The number of ketones is 1. The van der Waals surface area contributed by atoms with Crippen LogP contribution in [0.15, 0.2) is 11.8 Å². The minimum atomic E-state index is -0.0945. The summed E-state index contributed by atoms with van der Waals surface area (Å²) >= 11 is 0. The van der Waals surface area contributed by atoms with Crippen LogP contribution in [0, 0.1) is 40.4 Å². The maximum Gasteiger partial charge on any atom is 0.139 e. The van der Waals surface area contributed by atoms with Crippen molar-refractivity contribution < 1.29 is 14.7 Å². The first-order valence-corrected chi connectivity index (χ1v) is 11.8. The van der Waals surface area contributed by atoms with E-state index in [4.69, 9.17) is 4.84 Å². The first-order valence-electron chi connectivity index (χ1n) is 11.8. The van der Waals surface area contributed by atoms with Crippen molar-refractivity contribution >= 4 is 5.78 Å². The SMILES string of the molecule is CNCCCONC1=CC2C(CO)C[C@@H]3[C@@H](CC[C@]4(C)C(=O)CC[C@@H]34)[C@@]2(C)CC1. The molecular weight excluding hydrogens is 364 g/mol. The molecule has 4 aliphatic carbocycles. The Balaban J connectivity index is 1.51. The third-order valence-electron chi connectivity index (χ3n) is 9.26. The molecule has 3 saturated carbocycles. The minimum absolute atomic E-state index is 0.0945. The second-order valence-corrected chi connectivity index (χ2v) is 10.6. The summed E-state index contributed by atoms with van der Waals surface area (Å²) < 4.78 is 0. The molecule has 0 heterocycles. The number of carbonyl (C=O) groups is 1. The molecule has 0 amide bonds. The lowest BCUT2D eigenvalue weighted by atomic mass is 9.44. The van der Waals surface area contributed by atoms with Gasteiger partial charge in [0.25, 0.3) is 0 Å². The first kappa shape index (κ1) is 21.3. The standard InChI is InChI=1S/C24H40N2O3/c1-23-9-7-17(26-29-12-4-11-25-3)14-21(23)16(15-27)13-18-19-5-6-22(28)24(19,2)10-8-20(18)23/h14,16,18-21,25-27H,4-13,15H2,1-3H3/t16?,18-,19-,20+,21?,23+,24-/m0/s1. The predicted molar refractivity (Wildman–Crippen MR) is 114 cm³/mol. The number of nitrogens with one attached hydrogen (secondary N) is 2. The second kappa shape index (κ2) is 8.32. The molecule has 5 nitrogen and oxygen atoms in total. The van der Waals surface area contributed by atoms with Gasteiger partial charge in [-0.3, -0.25) is 15.1 Å². The zero-order valence-electron chi connectivity index (χ0n) is 18.5. The van der Waals surface area contributed by atoms with Crippen LogP contribution >= 0.6 is 0 Å². The van der Waals surface area contributed by atoms with Gasteiger partial charge in [-0.1, -0.05) is 19.9 Å². The average molecular weight is 405 g/mol. The third-order valence-corrected chi connectivity index (χ3v) is 9.26. The monoisotopic (exact) mass is 404 g/mol. The van der Waals surface area contributed by atoms with Gasteiger partial charge in [-0.25, -0.2) is 0 Å². The van der Waals surface area contributed by atoms with Crippen LogP contribution in [0.5, 0.6) is 0 Å². The summed E-state index contributed by atoms with van der Waals surface area (Å²) in [6.07, 6.45) is 10.7. The van der Waals surface area contributed by atoms with Crippen molar-refractivity contribution in [1.29, 1.82) is 0 Å². The summed E-state index contributed by atoms with van der Waals surface area (Å²) in [4.78, 5) is 18.3. The van der Waals surface area contributed by atoms with Crippen LogP contribution in [0.2, 0.25) is 0 Å². The normalized spacial score (nSPS) is 43.9. The van der Waals surface area contributed by atoms with Crippen molar-refractivity contribution in [3.8, 4) is 0 Å². The molecule has 164 valence electrons. The summed E-state index contributed by atoms with van der Waals surface area (Å²) in [7, 11) is 1.96. The van der Waals surface area contributed by atoms with Gasteiger partial charge in [0, 0.05) is 24.1 Å². The van der Waals surface area contributed by atoms with Crippen molar-refractivity contribution in [1.82, 2.24) is 10.8 Å². The molecule has 4 rings (SSSR count). The predicted octanol–water partition coefficient (Wildman–Crippen LogP) is 3.44. The maximum atomic E-state index is 12.6. The number of rotatable bonds is 7. The molecule has 29 heavy (non-hydrogen) atoms. The fourth-order valence-electron chi connectivity index (χ4n) is 7.61. The summed E-state index contributed by atoms with van der Waals surface area (Å²) in [5, 5.41) is 13.4. The number of allylic oxidation sites excluding steroid dienone is 2. The van der Waals surface area contributed by atoms with Gasteiger partial charge < -0.3 is 10.4 Å². The van der Waals surface area contributed by atoms with Crippen molar-refractivity contribution in [2.45, 2.75) is 65.2 Å². The zero-order chi connectivity index (χ0) is 20.6. The Morgan fingerprint density at radius 1 is 1.21 bits per heavy atom. The molecule has 0 aromatic carbocycles. The van der Waals surface area contributed by atoms with Crippen molar-refractivity contribution in [2.24, 2.45) is 40.4 Å². The van der Waals surface area contributed by atoms with E-state index in [1.807, 2.05) is 7.05 Å². The van der Waals surface area contributed by atoms with Crippen molar-refractivity contribution in [3.63, 3.8) is 0 Å². The Labute approximate surface area is 176 Å². The average Bonchev–Trinajstić information content (AvgIpc) is 3.02. The molecule has 0 saturated heterocycles. The van der Waals surface area contributed by atoms with E-state index in [1.54, 1.807) is 0 Å². The highest BCUT2D eigenvalue weighted by atomic mass is 16.6. The van der Waals surface area contributed by atoms with Crippen molar-refractivity contribution in [3.05, 3.63) is 11.8 Å². The van der Waals surface area contributed by atoms with Gasteiger partial charge in [-0.05, 0) is 93.5 Å². The number of fused-ring (bicyclic) bond motifs is 5. The summed E-state index contributed by atoms with van der Waals surface area (Å²) in [6.45, 7) is 6.60. The molecule has 0 spiro atoms. The van der Waals surface area contributed by atoms with Gasteiger partial charge in [0.1, 0.15) is 5.78 Å². The van der Waals surface area contributed by atoms with E-state index >= 15 is 0 Å². The van der Waals surface area contributed by atoms with Crippen LogP contribution < -0.4 is 10.8 Å². The highest BCUT2D eigenvalue weighted by Crippen LogP contribution is 2.66. The molecule has 0 bridgehead atoms. The molecule has 0 aromatic heterocycles. The molecular formula is C24H40N2O3. The number of hydroxylamine groups is 1. The van der Waals surface area contributed by atoms with Crippen LogP contribution in [0.1, 0.15) is 65.2 Å². The van der Waals surface area contributed by atoms with Crippen LogP contribution in [0.4, 0.5) is 0 Å². The zero-order valence-corrected chi connectivity index (χ0v) is 18.5. The molecule has 2 unspecified atom stereocenters. The van der Waals surface area contributed by atoms with Gasteiger partial charge in [0.05, 0.1) is 6.61 Å². The number of aliphatic hydroxyl groups excluding tert-OH is 1. The topological polar surface area (TPSA) is 70.6 Å². The fraction of sp³-hybridized carbons (Fsp3) is 0.875. The highest BCUT2D eigenvalue weighted by Gasteiger charge is 2.61. The van der Waals surface area contributed by atoms with Gasteiger partial charge in [0.15, 0.2) is 0 Å². The van der Waals surface area contributed by atoms with Crippen LogP contribution in [0.3, 0.4) is 0 Å². The van der Waals surface area contributed by atoms with E-state index < -0.39 is 0 Å². The molecule has 0 aliphatic heterocycles.